The van der Waals surface area contributed by atoms with Crippen LogP contribution in [0.15, 0.2) is 0 Å². The summed E-state index contributed by atoms with van der Waals surface area (Å²) in [7, 11) is 6.35. The van der Waals surface area contributed by atoms with Gasteiger partial charge in [0.1, 0.15) is 0 Å². The number of carbonyl (C=O) groups is 1. The monoisotopic (exact) mass is 217 g/mol. The first kappa shape index (κ1) is 12.4. The zero-order chi connectivity index (χ0) is 11.5. The summed E-state index contributed by atoms with van der Waals surface area (Å²) in [4.78, 5) is 16.3. The molecule has 1 amide bonds. The lowest BCUT2D eigenvalue weighted by atomic mass is 9.76. The highest BCUT2D eigenvalue weighted by Crippen LogP contribution is 2.42. The summed E-state index contributed by atoms with van der Waals surface area (Å²) in [5, 5.41) is 1.25. The number of ether oxygens (including phenoxy) is 2. The molecule has 0 radical (unpaired) electrons. The van der Waals surface area contributed by atoms with Gasteiger partial charge in [-0.15, -0.1) is 0 Å². The number of hydrogen-bond donors (Lipinski definition) is 0. The van der Waals surface area contributed by atoms with Gasteiger partial charge in [0, 0.05) is 40.5 Å². The number of carbonyl (C=O) groups excluding carboxylic acids is 1. The second-order valence-electron chi connectivity index (χ2n) is 3.87. The fourth-order valence-electron chi connectivity index (χ4n) is 1.86. The van der Waals surface area contributed by atoms with Gasteiger partial charge < -0.3 is 9.47 Å². The molecule has 0 aromatic heterocycles. The van der Waals surface area contributed by atoms with E-state index >= 15 is 0 Å². The van der Waals surface area contributed by atoms with Crippen LogP contribution in [0.3, 0.4) is 0 Å². The van der Waals surface area contributed by atoms with Crippen LogP contribution in [0.4, 0.5) is 0 Å². The number of hydroxylamine groups is 2. The minimum absolute atomic E-state index is 0.0108. The van der Waals surface area contributed by atoms with Gasteiger partial charge in [0.05, 0.1) is 7.11 Å². The van der Waals surface area contributed by atoms with Crippen LogP contribution in [0.5, 0.6) is 0 Å². The van der Waals surface area contributed by atoms with Gasteiger partial charge in [0.25, 0.3) is 0 Å². The number of rotatable bonds is 5. The van der Waals surface area contributed by atoms with Crippen molar-refractivity contribution in [2.24, 2.45) is 5.92 Å². The molecule has 1 aliphatic rings. The maximum absolute atomic E-state index is 11.5. The largest absolute Gasteiger partial charge is 0.353 e. The third kappa shape index (κ3) is 2.68. The second kappa shape index (κ2) is 4.92. The lowest BCUT2D eigenvalue weighted by Gasteiger charge is -2.45. The van der Waals surface area contributed by atoms with Crippen LogP contribution in [0.1, 0.15) is 19.3 Å². The van der Waals surface area contributed by atoms with Gasteiger partial charge in [-0.25, -0.2) is 5.06 Å². The van der Waals surface area contributed by atoms with E-state index in [0.29, 0.717) is 12.3 Å². The topological polar surface area (TPSA) is 48.0 Å². The summed E-state index contributed by atoms with van der Waals surface area (Å²) in [5.74, 6) is -0.144. The average Bonchev–Trinajstić information content (AvgIpc) is 2.21. The molecule has 1 fully saturated rings. The molecule has 88 valence electrons. The highest BCUT2D eigenvalue weighted by atomic mass is 16.7. The first-order chi connectivity index (χ1) is 7.06. The molecule has 0 saturated heterocycles. The first-order valence-electron chi connectivity index (χ1n) is 4.98. The van der Waals surface area contributed by atoms with E-state index in [1.54, 1.807) is 21.3 Å². The van der Waals surface area contributed by atoms with Crippen LogP contribution in [-0.2, 0) is 19.1 Å². The van der Waals surface area contributed by atoms with Crippen LogP contribution in [0.25, 0.3) is 0 Å². The molecular weight excluding hydrogens is 198 g/mol. The normalized spacial score (nSPS) is 19.7. The SMILES string of the molecule is CON(C)C(=O)CC1CC(OC)(OC)C1. The van der Waals surface area contributed by atoms with Gasteiger partial charge in [-0.1, -0.05) is 0 Å². The van der Waals surface area contributed by atoms with Gasteiger partial charge in [0.15, 0.2) is 5.79 Å². The van der Waals surface area contributed by atoms with Crippen LogP contribution in [0, 0.1) is 5.92 Å². The molecule has 0 aliphatic heterocycles. The zero-order valence-corrected chi connectivity index (χ0v) is 9.78. The lowest BCUT2D eigenvalue weighted by molar-refractivity contribution is -0.271. The van der Waals surface area contributed by atoms with Crippen LogP contribution < -0.4 is 0 Å². The Morgan fingerprint density at radius 1 is 1.33 bits per heavy atom. The average molecular weight is 217 g/mol. The molecule has 1 aliphatic carbocycles. The van der Waals surface area contributed by atoms with Gasteiger partial charge in [-0.2, -0.15) is 0 Å². The van der Waals surface area contributed by atoms with Crippen molar-refractivity contribution in [1.82, 2.24) is 5.06 Å². The molecule has 0 atom stereocenters. The summed E-state index contributed by atoms with van der Waals surface area (Å²) >= 11 is 0. The fraction of sp³-hybridized carbons (Fsp3) is 0.900. The Morgan fingerprint density at radius 2 is 1.87 bits per heavy atom. The van der Waals surface area contributed by atoms with Crippen molar-refractivity contribution in [2.75, 3.05) is 28.4 Å². The Hall–Kier alpha value is -0.650. The van der Waals surface area contributed by atoms with E-state index in [9.17, 15) is 4.79 Å². The Labute approximate surface area is 90.2 Å². The maximum atomic E-state index is 11.5. The molecule has 0 aromatic rings. The minimum atomic E-state index is -0.462. The molecule has 5 heteroatoms. The van der Waals surface area contributed by atoms with Crippen molar-refractivity contribution >= 4 is 5.91 Å². The van der Waals surface area contributed by atoms with E-state index in [4.69, 9.17) is 14.3 Å². The highest BCUT2D eigenvalue weighted by Gasteiger charge is 2.45. The van der Waals surface area contributed by atoms with E-state index in [0.717, 1.165) is 12.8 Å². The molecule has 1 rings (SSSR count). The van der Waals surface area contributed by atoms with Crippen molar-refractivity contribution in [3.63, 3.8) is 0 Å². The Morgan fingerprint density at radius 3 is 2.27 bits per heavy atom. The molecular formula is C10H19NO4. The number of nitrogens with zero attached hydrogens (tertiary/aromatic N) is 1. The van der Waals surface area contributed by atoms with Crippen molar-refractivity contribution in [1.29, 1.82) is 0 Å². The van der Waals surface area contributed by atoms with Crippen molar-refractivity contribution in [3.05, 3.63) is 0 Å². The molecule has 0 spiro atoms. The number of amides is 1. The molecule has 0 heterocycles. The van der Waals surface area contributed by atoms with Crippen molar-refractivity contribution < 1.29 is 19.1 Å². The maximum Gasteiger partial charge on any atom is 0.246 e. The quantitative estimate of drug-likeness (QED) is 0.504. The molecule has 5 nitrogen and oxygen atoms in total. The van der Waals surface area contributed by atoms with Crippen LogP contribution in [0.2, 0.25) is 0 Å². The van der Waals surface area contributed by atoms with Crippen LogP contribution in [-0.4, -0.2) is 45.1 Å². The summed E-state index contributed by atoms with van der Waals surface area (Å²) in [6.45, 7) is 0. The molecule has 0 aromatic carbocycles. The molecule has 1 saturated carbocycles. The first-order valence-corrected chi connectivity index (χ1v) is 4.98. The van der Waals surface area contributed by atoms with Gasteiger partial charge in [-0.3, -0.25) is 9.63 Å². The predicted molar refractivity (Wildman–Crippen MR) is 53.9 cm³/mol. The highest BCUT2D eigenvalue weighted by molar-refractivity contribution is 5.75. The van der Waals surface area contributed by atoms with E-state index in [2.05, 4.69) is 0 Å². The Bertz CT molecular complexity index is 219. The second-order valence-corrected chi connectivity index (χ2v) is 3.87. The molecule has 15 heavy (non-hydrogen) atoms. The van der Waals surface area contributed by atoms with Gasteiger partial charge in [0.2, 0.25) is 5.91 Å². The smallest absolute Gasteiger partial charge is 0.246 e. The summed E-state index contributed by atoms with van der Waals surface area (Å²) in [5.41, 5.74) is 0. The summed E-state index contributed by atoms with van der Waals surface area (Å²) in [6, 6.07) is 0. The van der Waals surface area contributed by atoms with Crippen molar-refractivity contribution in [2.45, 2.75) is 25.0 Å². The third-order valence-corrected chi connectivity index (χ3v) is 3.03. The van der Waals surface area contributed by atoms with E-state index in [1.165, 1.54) is 12.2 Å². The lowest BCUT2D eigenvalue weighted by Crippen LogP contribution is -2.48. The standard InChI is InChI=1S/C10H19NO4/c1-11(15-4)9(12)5-8-6-10(7-8,13-2)14-3/h8H,5-7H2,1-4H3. The molecule has 0 unspecified atom stereocenters. The Balaban J connectivity index is 2.31. The molecule has 0 N–H and O–H groups in total. The summed E-state index contributed by atoms with van der Waals surface area (Å²) in [6.07, 6.45) is 2.02. The van der Waals surface area contributed by atoms with Crippen LogP contribution >= 0.6 is 0 Å². The minimum Gasteiger partial charge on any atom is -0.353 e. The van der Waals surface area contributed by atoms with E-state index in [1.807, 2.05) is 0 Å². The number of methoxy groups -OCH3 is 2. The van der Waals surface area contributed by atoms with Gasteiger partial charge >= 0.3 is 0 Å². The van der Waals surface area contributed by atoms with Crippen molar-refractivity contribution in [3.8, 4) is 0 Å². The van der Waals surface area contributed by atoms with Gasteiger partial charge in [-0.05, 0) is 5.92 Å². The zero-order valence-electron chi connectivity index (χ0n) is 9.78. The molecule has 0 bridgehead atoms. The van der Waals surface area contributed by atoms with E-state index in [-0.39, 0.29) is 5.91 Å². The van der Waals surface area contributed by atoms with E-state index < -0.39 is 5.79 Å². The Kier molecular flexibility index (Phi) is 4.07. The predicted octanol–water partition coefficient (Wildman–Crippen LogP) is 0.795. The fourth-order valence-corrected chi connectivity index (χ4v) is 1.86. The third-order valence-electron chi connectivity index (χ3n) is 3.03. The number of hydrogen-bond acceptors (Lipinski definition) is 4. The summed E-state index contributed by atoms with van der Waals surface area (Å²) < 4.78 is 10.5.